The van der Waals surface area contributed by atoms with E-state index in [0.29, 0.717) is 23.9 Å². The highest BCUT2D eigenvalue weighted by Gasteiger charge is 2.33. The molecule has 0 aliphatic heterocycles. The van der Waals surface area contributed by atoms with E-state index < -0.39 is 5.69 Å². The molecule has 0 bridgehead atoms. The lowest BCUT2D eigenvalue weighted by Gasteiger charge is -2.05. The Morgan fingerprint density at radius 2 is 2.13 bits per heavy atom. The lowest BCUT2D eigenvalue weighted by molar-refractivity contribution is 0.548. The molecule has 4 nitrogen and oxygen atoms in total. The molecule has 2 unspecified atom stereocenters. The molecule has 0 amide bonds. The Hall–Kier alpha value is -1.03. The minimum atomic E-state index is -0.408. The van der Waals surface area contributed by atoms with Gasteiger partial charge in [-0.3, -0.25) is 14.3 Å². The smallest absolute Gasteiger partial charge is 0.297 e. The van der Waals surface area contributed by atoms with Crippen LogP contribution < -0.4 is 11.2 Å². The molecule has 1 heterocycles. The molecule has 5 heteroatoms. The van der Waals surface area contributed by atoms with Gasteiger partial charge in [0.1, 0.15) is 5.15 Å². The summed E-state index contributed by atoms with van der Waals surface area (Å²) >= 11 is 5.70. The number of hydrogen-bond donors (Lipinski definition) is 1. The monoisotopic (exact) mass is 228 g/mol. The maximum Gasteiger partial charge on any atom is 0.329 e. The molecule has 2 rings (SSSR count). The average Bonchev–Trinajstić information content (AvgIpc) is 2.86. The number of aromatic amines is 1. The van der Waals surface area contributed by atoms with Crippen LogP contribution in [0.1, 0.15) is 18.9 Å². The summed E-state index contributed by atoms with van der Waals surface area (Å²) in [7, 11) is 0. The molecule has 1 saturated carbocycles. The van der Waals surface area contributed by atoms with Crippen LogP contribution in [0, 0.1) is 18.8 Å². The van der Waals surface area contributed by atoms with E-state index in [4.69, 9.17) is 11.6 Å². The first-order chi connectivity index (χ1) is 7.00. The van der Waals surface area contributed by atoms with E-state index in [2.05, 4.69) is 11.9 Å². The highest BCUT2D eigenvalue weighted by molar-refractivity contribution is 6.30. The number of halogens is 1. The van der Waals surface area contributed by atoms with Crippen molar-refractivity contribution >= 4 is 11.6 Å². The molecule has 0 spiro atoms. The molecule has 0 saturated heterocycles. The molecule has 1 aliphatic rings. The SMILES string of the molecule is Cc1c(Cl)[nH]c(=O)n(CC2CC2C)c1=O. The highest BCUT2D eigenvalue weighted by Crippen LogP contribution is 2.38. The maximum atomic E-state index is 11.7. The Balaban J connectivity index is 2.43. The number of hydrogen-bond acceptors (Lipinski definition) is 2. The van der Waals surface area contributed by atoms with E-state index in [-0.39, 0.29) is 10.7 Å². The second-order valence-electron chi connectivity index (χ2n) is 4.26. The van der Waals surface area contributed by atoms with Gasteiger partial charge in [0.15, 0.2) is 0 Å². The van der Waals surface area contributed by atoms with Crippen LogP contribution in [0.3, 0.4) is 0 Å². The molecule has 1 aromatic rings. The van der Waals surface area contributed by atoms with E-state index >= 15 is 0 Å². The standard InChI is InChI=1S/C10H13ClN2O2/c1-5-3-7(5)4-13-9(14)6(2)8(11)12-10(13)15/h5,7H,3-4H2,1-2H3,(H,12,15). The second kappa shape index (κ2) is 3.52. The average molecular weight is 229 g/mol. The van der Waals surface area contributed by atoms with Crippen molar-refractivity contribution in [3.63, 3.8) is 0 Å². The minimum absolute atomic E-state index is 0.144. The van der Waals surface area contributed by atoms with E-state index in [1.165, 1.54) is 4.57 Å². The lowest BCUT2D eigenvalue weighted by atomic mass is 10.3. The summed E-state index contributed by atoms with van der Waals surface area (Å²) in [5, 5.41) is 0.144. The molecule has 1 N–H and O–H groups in total. The third kappa shape index (κ3) is 1.86. The van der Waals surface area contributed by atoms with Gasteiger partial charge in [0.2, 0.25) is 0 Å². The molecule has 1 aromatic heterocycles. The van der Waals surface area contributed by atoms with Gasteiger partial charge in [-0.1, -0.05) is 18.5 Å². The predicted octanol–water partition coefficient (Wildman–Crippen LogP) is 1.15. The van der Waals surface area contributed by atoms with Crippen molar-refractivity contribution < 1.29 is 0 Å². The number of nitrogens with zero attached hydrogens (tertiary/aromatic N) is 1. The van der Waals surface area contributed by atoms with Gasteiger partial charge in [0.05, 0.1) is 0 Å². The number of H-pyrrole nitrogens is 1. The zero-order valence-corrected chi connectivity index (χ0v) is 9.47. The van der Waals surface area contributed by atoms with Crippen molar-refractivity contribution in [3.8, 4) is 0 Å². The summed E-state index contributed by atoms with van der Waals surface area (Å²) in [5.41, 5.74) is -0.276. The summed E-state index contributed by atoms with van der Waals surface area (Å²) in [6.45, 7) is 4.24. The zero-order chi connectivity index (χ0) is 11.2. The largest absolute Gasteiger partial charge is 0.329 e. The Morgan fingerprint density at radius 1 is 1.53 bits per heavy atom. The lowest BCUT2D eigenvalue weighted by Crippen LogP contribution is -2.37. The van der Waals surface area contributed by atoms with Crippen molar-refractivity contribution in [1.82, 2.24) is 9.55 Å². The summed E-state index contributed by atoms with van der Waals surface area (Å²) in [6.07, 6.45) is 1.09. The first kappa shape index (κ1) is 10.5. The highest BCUT2D eigenvalue weighted by atomic mass is 35.5. The van der Waals surface area contributed by atoms with Crippen LogP contribution in [-0.2, 0) is 6.54 Å². The molecule has 1 fully saturated rings. The number of aromatic nitrogens is 2. The van der Waals surface area contributed by atoms with E-state index in [1.54, 1.807) is 6.92 Å². The molecule has 0 aromatic carbocycles. The fourth-order valence-electron chi connectivity index (χ4n) is 1.70. The van der Waals surface area contributed by atoms with Crippen molar-refractivity contribution in [2.75, 3.05) is 0 Å². The third-order valence-corrected chi connectivity index (χ3v) is 3.43. The van der Waals surface area contributed by atoms with Gasteiger partial charge in [-0.15, -0.1) is 0 Å². The first-order valence-corrected chi connectivity index (χ1v) is 5.37. The second-order valence-corrected chi connectivity index (χ2v) is 4.64. The van der Waals surface area contributed by atoms with Crippen LogP contribution in [0.15, 0.2) is 9.59 Å². The van der Waals surface area contributed by atoms with Crippen LogP contribution in [0.25, 0.3) is 0 Å². The van der Waals surface area contributed by atoms with Gasteiger partial charge in [-0.05, 0) is 25.2 Å². The van der Waals surface area contributed by atoms with Crippen LogP contribution in [0.4, 0.5) is 0 Å². The van der Waals surface area contributed by atoms with E-state index in [1.807, 2.05) is 0 Å². The van der Waals surface area contributed by atoms with Crippen molar-refractivity contribution in [3.05, 3.63) is 31.6 Å². The molecule has 1 aliphatic carbocycles. The molecule has 15 heavy (non-hydrogen) atoms. The Morgan fingerprint density at radius 3 is 2.67 bits per heavy atom. The Kier molecular flexibility index (Phi) is 2.46. The van der Waals surface area contributed by atoms with Gasteiger partial charge in [-0.25, -0.2) is 4.79 Å². The van der Waals surface area contributed by atoms with Gasteiger partial charge >= 0.3 is 5.69 Å². The normalized spacial score (nSPS) is 24.2. The van der Waals surface area contributed by atoms with Crippen molar-refractivity contribution in [2.24, 2.45) is 11.8 Å². The van der Waals surface area contributed by atoms with Crippen molar-refractivity contribution in [1.29, 1.82) is 0 Å². The number of nitrogens with one attached hydrogen (secondary N) is 1. The summed E-state index contributed by atoms with van der Waals surface area (Å²) in [5.74, 6) is 1.08. The number of rotatable bonds is 2. The fourth-order valence-corrected chi connectivity index (χ4v) is 1.86. The summed E-state index contributed by atoms with van der Waals surface area (Å²) < 4.78 is 1.25. The predicted molar refractivity (Wildman–Crippen MR) is 58.3 cm³/mol. The van der Waals surface area contributed by atoms with Gasteiger partial charge in [0, 0.05) is 12.1 Å². The van der Waals surface area contributed by atoms with Crippen LogP contribution in [-0.4, -0.2) is 9.55 Å². The van der Waals surface area contributed by atoms with Crippen molar-refractivity contribution in [2.45, 2.75) is 26.8 Å². The summed E-state index contributed by atoms with van der Waals surface area (Å²) in [6, 6.07) is 0. The maximum absolute atomic E-state index is 11.7. The van der Waals surface area contributed by atoms with E-state index in [0.717, 1.165) is 6.42 Å². The van der Waals surface area contributed by atoms with Gasteiger partial charge < -0.3 is 0 Å². The molecular weight excluding hydrogens is 216 g/mol. The molecule has 82 valence electrons. The summed E-state index contributed by atoms with van der Waals surface area (Å²) in [4.78, 5) is 25.7. The zero-order valence-electron chi connectivity index (χ0n) is 8.71. The van der Waals surface area contributed by atoms with Gasteiger partial charge in [-0.2, -0.15) is 0 Å². The third-order valence-electron chi connectivity index (χ3n) is 3.05. The quantitative estimate of drug-likeness (QED) is 0.773. The van der Waals surface area contributed by atoms with Crippen LogP contribution in [0.5, 0.6) is 0 Å². The fraction of sp³-hybridized carbons (Fsp3) is 0.600. The molecule has 2 atom stereocenters. The molecular formula is C10H13ClN2O2. The van der Waals surface area contributed by atoms with Gasteiger partial charge in [0.25, 0.3) is 5.56 Å². The Labute approximate surface area is 91.9 Å². The Bertz CT molecular complexity index is 503. The molecule has 0 radical (unpaired) electrons. The van der Waals surface area contributed by atoms with Crippen LogP contribution >= 0.6 is 11.6 Å². The van der Waals surface area contributed by atoms with Crippen LogP contribution in [0.2, 0.25) is 5.15 Å². The first-order valence-electron chi connectivity index (χ1n) is 5.00. The van der Waals surface area contributed by atoms with E-state index in [9.17, 15) is 9.59 Å². The topological polar surface area (TPSA) is 54.9 Å². The minimum Gasteiger partial charge on any atom is -0.297 e.